The van der Waals surface area contributed by atoms with E-state index in [1.54, 1.807) is 13.8 Å². The summed E-state index contributed by atoms with van der Waals surface area (Å²) in [6.45, 7) is 5.08. The first kappa shape index (κ1) is 16.7. The number of hydrogen-bond donors (Lipinski definition) is 1. The molecule has 4 saturated heterocycles. The highest BCUT2D eigenvalue weighted by Gasteiger charge is 2.77. The summed E-state index contributed by atoms with van der Waals surface area (Å²) < 4.78 is 22.7. The van der Waals surface area contributed by atoms with Crippen molar-refractivity contribution >= 4 is 11.9 Å². The van der Waals surface area contributed by atoms with Crippen LogP contribution in [-0.4, -0.2) is 83.3 Å². The maximum atomic E-state index is 12.9. The Morgan fingerprint density at radius 1 is 1.31 bits per heavy atom. The predicted molar refractivity (Wildman–Crippen MR) is 86.1 cm³/mol. The van der Waals surface area contributed by atoms with Crippen molar-refractivity contribution in [1.82, 2.24) is 4.90 Å². The van der Waals surface area contributed by atoms with Gasteiger partial charge in [-0.05, 0) is 25.8 Å². The fourth-order valence-corrected chi connectivity index (χ4v) is 4.88. The van der Waals surface area contributed by atoms with E-state index in [1.807, 2.05) is 6.08 Å². The molecule has 8 nitrogen and oxygen atoms in total. The monoisotopic (exact) mass is 365 g/mol. The van der Waals surface area contributed by atoms with Crippen LogP contribution >= 0.6 is 0 Å². The van der Waals surface area contributed by atoms with E-state index in [-0.39, 0.29) is 31.8 Å². The third kappa shape index (κ3) is 1.98. The van der Waals surface area contributed by atoms with Gasteiger partial charge in [0.1, 0.15) is 18.3 Å². The largest absolute Gasteiger partial charge is 0.459 e. The van der Waals surface area contributed by atoms with Gasteiger partial charge in [-0.2, -0.15) is 0 Å². The lowest BCUT2D eigenvalue weighted by Crippen LogP contribution is -2.60. The van der Waals surface area contributed by atoms with Gasteiger partial charge in [-0.3, -0.25) is 4.90 Å². The minimum absolute atomic E-state index is 0.0462. The molecule has 1 N–H and O–H groups in total. The standard InChI is InChI=1S/C18H23NO7/c1-10-18(22)8-17(9-24-10)16(2,26-17)14(20)23-7-11-3-5-19-6-4-12(13(11)19)25-15(18)21/h3,10,12-13,22H,4-9H2,1-2H3/t10?,12-,13-,16?,17?,18?/m0/s1. The van der Waals surface area contributed by atoms with Crippen LogP contribution in [0.15, 0.2) is 11.6 Å². The summed E-state index contributed by atoms with van der Waals surface area (Å²) in [4.78, 5) is 27.8. The van der Waals surface area contributed by atoms with Crippen molar-refractivity contribution in [3.63, 3.8) is 0 Å². The SMILES string of the molecule is CC1OCC23CC1(O)C(=O)O[C@H]1CCN4CC=C(COC(=O)C2(C)O3)[C@@H]14. The molecule has 2 bridgehead atoms. The second kappa shape index (κ2) is 5.07. The molecule has 5 rings (SSSR count). The minimum Gasteiger partial charge on any atom is -0.459 e. The van der Waals surface area contributed by atoms with Crippen LogP contribution in [0.5, 0.6) is 0 Å². The molecule has 0 radical (unpaired) electrons. The molecule has 0 amide bonds. The second-order valence-corrected chi connectivity index (χ2v) is 8.21. The topological polar surface area (TPSA) is 97.8 Å². The third-order valence-corrected chi connectivity index (χ3v) is 6.81. The Hall–Kier alpha value is -1.48. The van der Waals surface area contributed by atoms with E-state index in [1.165, 1.54) is 0 Å². The van der Waals surface area contributed by atoms with Crippen molar-refractivity contribution < 1.29 is 33.6 Å². The van der Waals surface area contributed by atoms with Gasteiger partial charge < -0.3 is 24.1 Å². The molecular formula is C18H23NO7. The Morgan fingerprint density at radius 3 is 2.92 bits per heavy atom. The third-order valence-electron chi connectivity index (χ3n) is 6.81. The van der Waals surface area contributed by atoms with E-state index in [9.17, 15) is 14.7 Å². The van der Waals surface area contributed by atoms with E-state index >= 15 is 0 Å². The van der Waals surface area contributed by atoms with Crippen molar-refractivity contribution in [2.75, 3.05) is 26.3 Å². The summed E-state index contributed by atoms with van der Waals surface area (Å²) in [6.07, 6.45) is 1.55. The zero-order valence-corrected chi connectivity index (χ0v) is 14.9. The first-order chi connectivity index (χ1) is 12.3. The van der Waals surface area contributed by atoms with E-state index < -0.39 is 34.8 Å². The maximum absolute atomic E-state index is 12.9. The predicted octanol–water partition coefficient (Wildman–Crippen LogP) is -0.463. The molecular weight excluding hydrogens is 342 g/mol. The summed E-state index contributed by atoms with van der Waals surface area (Å²) in [7, 11) is 0. The number of hydrogen-bond acceptors (Lipinski definition) is 8. The molecule has 0 aliphatic carbocycles. The maximum Gasteiger partial charge on any atom is 0.341 e. The molecule has 6 atom stereocenters. The average molecular weight is 365 g/mol. The van der Waals surface area contributed by atoms with Gasteiger partial charge in [-0.1, -0.05) is 6.08 Å². The van der Waals surface area contributed by atoms with E-state index in [2.05, 4.69) is 4.90 Å². The van der Waals surface area contributed by atoms with Crippen LogP contribution in [0.1, 0.15) is 26.7 Å². The summed E-state index contributed by atoms with van der Waals surface area (Å²) in [5, 5.41) is 11.1. The van der Waals surface area contributed by atoms with Gasteiger partial charge in [0.25, 0.3) is 0 Å². The smallest absolute Gasteiger partial charge is 0.341 e. The lowest BCUT2D eigenvalue weighted by Gasteiger charge is -2.40. The Kier molecular flexibility index (Phi) is 3.25. The molecule has 4 fully saturated rings. The molecule has 5 aliphatic heterocycles. The summed E-state index contributed by atoms with van der Waals surface area (Å²) in [5.74, 6) is -1.19. The fraction of sp³-hybridized carbons (Fsp3) is 0.778. The van der Waals surface area contributed by atoms with Crippen molar-refractivity contribution in [2.45, 2.75) is 61.7 Å². The molecule has 142 valence electrons. The van der Waals surface area contributed by atoms with Gasteiger partial charge in [0.05, 0.1) is 18.8 Å². The van der Waals surface area contributed by atoms with E-state index in [0.29, 0.717) is 6.42 Å². The zero-order valence-electron chi connectivity index (χ0n) is 14.9. The van der Waals surface area contributed by atoms with E-state index in [4.69, 9.17) is 18.9 Å². The highest BCUT2D eigenvalue weighted by Crippen LogP contribution is 2.56. The second-order valence-electron chi connectivity index (χ2n) is 8.21. The van der Waals surface area contributed by atoms with Crippen molar-refractivity contribution in [3.8, 4) is 0 Å². The number of rotatable bonds is 0. The lowest BCUT2D eigenvalue weighted by atomic mass is 9.78. The molecule has 0 aromatic heterocycles. The number of epoxide rings is 1. The van der Waals surface area contributed by atoms with Crippen LogP contribution in [0.3, 0.4) is 0 Å². The van der Waals surface area contributed by atoms with Crippen molar-refractivity contribution in [2.24, 2.45) is 0 Å². The summed E-state index contributed by atoms with van der Waals surface area (Å²) in [6, 6.07) is -0.104. The minimum atomic E-state index is -1.86. The number of carbonyl (C=O) groups is 2. The first-order valence-corrected chi connectivity index (χ1v) is 9.15. The molecule has 26 heavy (non-hydrogen) atoms. The number of aliphatic hydroxyl groups is 1. The van der Waals surface area contributed by atoms with Gasteiger partial charge in [-0.25, -0.2) is 9.59 Å². The molecule has 1 spiro atoms. The Labute approximate surface area is 151 Å². The van der Waals surface area contributed by atoms with Crippen LogP contribution in [0, 0.1) is 0 Å². The Bertz CT molecular complexity index is 722. The average Bonchev–Trinajstić information content (AvgIpc) is 2.92. The van der Waals surface area contributed by atoms with Crippen molar-refractivity contribution in [1.29, 1.82) is 0 Å². The molecule has 5 aliphatic rings. The molecule has 4 unspecified atom stereocenters. The molecule has 0 aromatic carbocycles. The summed E-state index contributed by atoms with van der Waals surface area (Å²) >= 11 is 0. The number of nitrogens with zero attached hydrogens (tertiary/aromatic N) is 1. The highest BCUT2D eigenvalue weighted by atomic mass is 16.7. The van der Waals surface area contributed by atoms with Crippen LogP contribution < -0.4 is 0 Å². The molecule has 0 aromatic rings. The molecule has 0 saturated carbocycles. The van der Waals surface area contributed by atoms with Gasteiger partial charge in [-0.15, -0.1) is 0 Å². The van der Waals surface area contributed by atoms with Gasteiger partial charge >= 0.3 is 11.9 Å². The van der Waals surface area contributed by atoms with Gasteiger partial charge in [0.2, 0.25) is 0 Å². The van der Waals surface area contributed by atoms with Crippen molar-refractivity contribution in [3.05, 3.63) is 11.6 Å². The quantitative estimate of drug-likeness (QED) is 0.350. The number of cyclic esters (lactones) is 1. The fourth-order valence-electron chi connectivity index (χ4n) is 4.88. The molecule has 5 heterocycles. The van der Waals surface area contributed by atoms with Gasteiger partial charge in [0.15, 0.2) is 11.2 Å². The zero-order chi connectivity index (χ0) is 18.3. The lowest BCUT2D eigenvalue weighted by molar-refractivity contribution is -0.206. The normalized spacial score (nSPS) is 50.6. The highest BCUT2D eigenvalue weighted by molar-refractivity contribution is 5.86. The van der Waals surface area contributed by atoms with Crippen LogP contribution in [0.2, 0.25) is 0 Å². The van der Waals surface area contributed by atoms with Crippen LogP contribution in [0.25, 0.3) is 0 Å². The first-order valence-electron chi connectivity index (χ1n) is 9.15. The van der Waals surface area contributed by atoms with Crippen LogP contribution in [-0.2, 0) is 28.5 Å². The van der Waals surface area contributed by atoms with Gasteiger partial charge in [0, 0.05) is 19.5 Å². The van der Waals surface area contributed by atoms with E-state index in [0.717, 1.165) is 18.7 Å². The number of carbonyl (C=O) groups excluding carboxylic acids is 2. The summed E-state index contributed by atoms with van der Waals surface area (Å²) in [5.41, 5.74) is -3.21. The Balaban J connectivity index is 1.53. The number of ether oxygens (including phenoxy) is 4. The molecule has 8 heteroatoms. The number of fused-ring (bicyclic) bond motifs is 1. The number of esters is 2. The van der Waals surface area contributed by atoms with Crippen LogP contribution in [0.4, 0.5) is 0 Å². The Morgan fingerprint density at radius 2 is 2.12 bits per heavy atom.